The van der Waals surface area contributed by atoms with Crippen LogP contribution < -0.4 is 0 Å². The second-order valence-electron chi connectivity index (χ2n) is 4.96. The monoisotopic (exact) mass is 256 g/mol. The maximum absolute atomic E-state index is 9.72. The molecule has 0 radical (unpaired) electrons. The summed E-state index contributed by atoms with van der Waals surface area (Å²) in [5.74, 6) is 0. The highest BCUT2D eigenvalue weighted by molar-refractivity contribution is 4.83. The van der Waals surface area contributed by atoms with Crippen molar-refractivity contribution in [1.82, 2.24) is 0 Å². The Morgan fingerprint density at radius 3 is 2.44 bits per heavy atom. The van der Waals surface area contributed by atoms with E-state index in [9.17, 15) is 5.11 Å². The van der Waals surface area contributed by atoms with Crippen molar-refractivity contribution in [2.75, 3.05) is 13.2 Å². The van der Waals surface area contributed by atoms with Crippen LogP contribution in [0, 0.1) is 0 Å². The second kappa shape index (κ2) is 14.7. The van der Waals surface area contributed by atoms with E-state index < -0.39 is 0 Å². The number of unbranched alkanes of at least 4 members (excludes halogenated alkanes) is 5. The summed E-state index contributed by atoms with van der Waals surface area (Å²) in [4.78, 5) is 0. The SMILES string of the molecule is CCCCCC/C=C/C[C@@H](O)CCOCCCC. The van der Waals surface area contributed by atoms with Crippen LogP contribution in [0.4, 0.5) is 0 Å². The van der Waals surface area contributed by atoms with Gasteiger partial charge in [0.05, 0.1) is 6.10 Å². The first-order valence-corrected chi connectivity index (χ1v) is 7.72. The van der Waals surface area contributed by atoms with E-state index in [0.717, 1.165) is 32.3 Å². The Labute approximate surface area is 113 Å². The van der Waals surface area contributed by atoms with Crippen LogP contribution >= 0.6 is 0 Å². The van der Waals surface area contributed by atoms with Gasteiger partial charge in [-0.2, -0.15) is 0 Å². The lowest BCUT2D eigenvalue weighted by molar-refractivity contribution is 0.0817. The number of aliphatic hydroxyl groups is 1. The van der Waals surface area contributed by atoms with Crippen LogP contribution in [0.3, 0.4) is 0 Å². The summed E-state index contributed by atoms with van der Waals surface area (Å²) in [7, 11) is 0. The van der Waals surface area contributed by atoms with Crippen LogP contribution in [-0.4, -0.2) is 24.4 Å². The van der Waals surface area contributed by atoms with Crippen molar-refractivity contribution in [2.45, 2.75) is 77.7 Å². The van der Waals surface area contributed by atoms with Crippen molar-refractivity contribution < 1.29 is 9.84 Å². The molecular formula is C16H32O2. The Balaban J connectivity index is 3.24. The average molecular weight is 256 g/mol. The molecule has 0 aromatic carbocycles. The largest absolute Gasteiger partial charge is 0.393 e. The van der Waals surface area contributed by atoms with Crippen molar-refractivity contribution in [3.63, 3.8) is 0 Å². The summed E-state index contributed by atoms with van der Waals surface area (Å²) in [5, 5.41) is 9.72. The second-order valence-corrected chi connectivity index (χ2v) is 4.96. The Bertz CT molecular complexity index is 178. The quantitative estimate of drug-likeness (QED) is 0.389. The van der Waals surface area contributed by atoms with Gasteiger partial charge in [0.15, 0.2) is 0 Å². The number of rotatable bonds is 13. The van der Waals surface area contributed by atoms with E-state index in [2.05, 4.69) is 26.0 Å². The van der Waals surface area contributed by atoms with Gasteiger partial charge < -0.3 is 9.84 Å². The van der Waals surface area contributed by atoms with Gasteiger partial charge in [-0.1, -0.05) is 51.7 Å². The van der Waals surface area contributed by atoms with Crippen LogP contribution in [0.15, 0.2) is 12.2 Å². The van der Waals surface area contributed by atoms with Crippen molar-refractivity contribution >= 4 is 0 Å². The molecule has 0 unspecified atom stereocenters. The number of aliphatic hydroxyl groups excluding tert-OH is 1. The number of allylic oxidation sites excluding steroid dienone is 1. The third-order valence-corrected chi connectivity index (χ3v) is 3.04. The van der Waals surface area contributed by atoms with Crippen LogP contribution in [0.25, 0.3) is 0 Å². The minimum Gasteiger partial charge on any atom is -0.393 e. The fourth-order valence-corrected chi connectivity index (χ4v) is 1.75. The molecule has 0 saturated heterocycles. The lowest BCUT2D eigenvalue weighted by Crippen LogP contribution is -2.09. The van der Waals surface area contributed by atoms with Crippen LogP contribution in [0.1, 0.15) is 71.6 Å². The maximum atomic E-state index is 9.72. The average Bonchev–Trinajstić information content (AvgIpc) is 2.37. The third kappa shape index (κ3) is 13.7. The molecule has 0 aromatic heterocycles. The van der Waals surface area contributed by atoms with Crippen LogP contribution in [0.2, 0.25) is 0 Å². The van der Waals surface area contributed by atoms with E-state index in [4.69, 9.17) is 4.74 Å². The lowest BCUT2D eigenvalue weighted by Gasteiger charge is -2.08. The van der Waals surface area contributed by atoms with E-state index in [-0.39, 0.29) is 6.10 Å². The Morgan fingerprint density at radius 2 is 1.72 bits per heavy atom. The smallest absolute Gasteiger partial charge is 0.0596 e. The minimum absolute atomic E-state index is 0.237. The maximum Gasteiger partial charge on any atom is 0.0596 e. The fraction of sp³-hybridized carbons (Fsp3) is 0.875. The summed E-state index contributed by atoms with van der Waals surface area (Å²) < 4.78 is 5.43. The van der Waals surface area contributed by atoms with Crippen molar-refractivity contribution in [1.29, 1.82) is 0 Å². The molecule has 2 nitrogen and oxygen atoms in total. The topological polar surface area (TPSA) is 29.5 Å². The molecule has 0 rings (SSSR count). The van der Waals surface area contributed by atoms with Gasteiger partial charge in [0.2, 0.25) is 0 Å². The summed E-state index contributed by atoms with van der Waals surface area (Å²) in [6.07, 6.45) is 14.3. The summed E-state index contributed by atoms with van der Waals surface area (Å²) in [5.41, 5.74) is 0. The highest BCUT2D eigenvalue weighted by atomic mass is 16.5. The van der Waals surface area contributed by atoms with E-state index in [0.29, 0.717) is 6.61 Å². The number of hydrogen-bond acceptors (Lipinski definition) is 2. The van der Waals surface area contributed by atoms with Gasteiger partial charge in [-0.25, -0.2) is 0 Å². The van der Waals surface area contributed by atoms with Gasteiger partial charge in [-0.3, -0.25) is 0 Å². The van der Waals surface area contributed by atoms with Gasteiger partial charge in [-0.15, -0.1) is 0 Å². The van der Waals surface area contributed by atoms with Gasteiger partial charge in [0, 0.05) is 13.2 Å². The van der Waals surface area contributed by atoms with Crippen LogP contribution in [-0.2, 0) is 4.74 Å². The van der Waals surface area contributed by atoms with Crippen molar-refractivity contribution in [3.05, 3.63) is 12.2 Å². The molecular weight excluding hydrogens is 224 g/mol. The zero-order chi connectivity index (χ0) is 13.5. The molecule has 0 saturated carbocycles. The standard InChI is InChI=1S/C16H32O2/c1-3-5-7-8-9-10-11-12-16(17)13-15-18-14-6-4-2/h10-11,16-17H,3-9,12-15H2,1-2H3/b11-10+/t16-/m1/s1. The molecule has 1 atom stereocenters. The molecule has 0 aliphatic carbocycles. The normalized spacial score (nSPS) is 13.3. The molecule has 0 aromatic rings. The van der Waals surface area contributed by atoms with Crippen molar-refractivity contribution in [2.24, 2.45) is 0 Å². The predicted molar refractivity (Wildman–Crippen MR) is 78.9 cm³/mol. The molecule has 1 N–H and O–H groups in total. The predicted octanol–water partition coefficient (Wildman–Crippen LogP) is 4.47. The minimum atomic E-state index is -0.237. The molecule has 2 heteroatoms. The molecule has 18 heavy (non-hydrogen) atoms. The molecule has 0 heterocycles. The van der Waals surface area contributed by atoms with E-state index in [1.54, 1.807) is 0 Å². The summed E-state index contributed by atoms with van der Waals surface area (Å²) >= 11 is 0. The Hall–Kier alpha value is -0.340. The highest BCUT2D eigenvalue weighted by Crippen LogP contribution is 2.05. The molecule has 0 amide bonds. The van der Waals surface area contributed by atoms with E-state index >= 15 is 0 Å². The van der Waals surface area contributed by atoms with Crippen LogP contribution in [0.5, 0.6) is 0 Å². The first-order chi connectivity index (χ1) is 8.81. The Morgan fingerprint density at radius 1 is 0.944 bits per heavy atom. The third-order valence-electron chi connectivity index (χ3n) is 3.04. The van der Waals surface area contributed by atoms with E-state index in [1.807, 2.05) is 0 Å². The van der Waals surface area contributed by atoms with Gasteiger partial charge >= 0.3 is 0 Å². The number of hydrogen-bond donors (Lipinski definition) is 1. The molecule has 0 aliphatic rings. The van der Waals surface area contributed by atoms with Crippen molar-refractivity contribution in [3.8, 4) is 0 Å². The summed E-state index contributed by atoms with van der Waals surface area (Å²) in [6.45, 7) is 5.90. The molecule has 0 fully saturated rings. The first-order valence-electron chi connectivity index (χ1n) is 7.72. The van der Waals surface area contributed by atoms with Gasteiger partial charge in [0.1, 0.15) is 0 Å². The molecule has 0 aliphatic heterocycles. The number of ether oxygens (including phenoxy) is 1. The summed E-state index contributed by atoms with van der Waals surface area (Å²) in [6, 6.07) is 0. The molecule has 0 bridgehead atoms. The fourth-order valence-electron chi connectivity index (χ4n) is 1.75. The van der Waals surface area contributed by atoms with Gasteiger partial charge in [-0.05, 0) is 32.1 Å². The Kier molecular flexibility index (Phi) is 14.4. The zero-order valence-corrected chi connectivity index (χ0v) is 12.4. The molecule has 0 spiro atoms. The highest BCUT2D eigenvalue weighted by Gasteiger charge is 2.00. The first kappa shape index (κ1) is 17.7. The van der Waals surface area contributed by atoms with Gasteiger partial charge in [0.25, 0.3) is 0 Å². The van der Waals surface area contributed by atoms with E-state index in [1.165, 1.54) is 32.1 Å². The lowest BCUT2D eigenvalue weighted by atomic mass is 10.1. The zero-order valence-electron chi connectivity index (χ0n) is 12.4. The molecule has 108 valence electrons.